The second-order valence-corrected chi connectivity index (χ2v) is 6.21. The highest BCUT2D eigenvalue weighted by atomic mass is 16.5. The molecule has 21 heavy (non-hydrogen) atoms. The predicted molar refractivity (Wildman–Crippen MR) is 90.2 cm³/mol. The molecule has 3 nitrogen and oxygen atoms in total. The molecule has 3 heteroatoms. The van der Waals surface area contributed by atoms with Crippen LogP contribution in [0.4, 0.5) is 0 Å². The molecule has 0 aliphatic carbocycles. The van der Waals surface area contributed by atoms with Gasteiger partial charge in [0.15, 0.2) is 0 Å². The Morgan fingerprint density at radius 2 is 1.52 bits per heavy atom. The van der Waals surface area contributed by atoms with Crippen LogP contribution in [0, 0.1) is 0 Å². The van der Waals surface area contributed by atoms with E-state index in [-0.39, 0.29) is 5.97 Å². The molecule has 0 fully saturated rings. The molecule has 0 radical (unpaired) electrons. The third-order valence-electron chi connectivity index (χ3n) is 4.03. The highest BCUT2D eigenvalue weighted by Crippen LogP contribution is 2.14. The predicted octanol–water partition coefficient (Wildman–Crippen LogP) is 4.32. The first-order chi connectivity index (χ1) is 10.0. The van der Waals surface area contributed by atoms with Crippen LogP contribution in [0.25, 0.3) is 0 Å². The second kappa shape index (κ2) is 11.8. The quantitative estimate of drug-likeness (QED) is 0.219. The van der Waals surface area contributed by atoms with Crippen LogP contribution in [-0.2, 0) is 9.53 Å². The zero-order chi connectivity index (χ0) is 16.1. The fourth-order valence-corrected chi connectivity index (χ4v) is 2.95. The Morgan fingerprint density at radius 3 is 2.00 bits per heavy atom. The minimum Gasteiger partial charge on any atom is -0.456 e. The van der Waals surface area contributed by atoms with Crippen molar-refractivity contribution in [2.75, 3.05) is 32.8 Å². The molecule has 0 heterocycles. The second-order valence-electron chi connectivity index (χ2n) is 6.21. The van der Waals surface area contributed by atoms with E-state index >= 15 is 0 Å². The molecule has 0 aromatic heterocycles. The van der Waals surface area contributed by atoms with Crippen molar-refractivity contribution in [2.45, 2.75) is 66.2 Å². The fourth-order valence-electron chi connectivity index (χ4n) is 2.95. The molecule has 0 saturated heterocycles. The molecule has 0 bridgehead atoms. The summed E-state index contributed by atoms with van der Waals surface area (Å²) in [5.74, 6) is -0.257. The molecule has 0 aromatic rings. The van der Waals surface area contributed by atoms with Crippen molar-refractivity contribution in [3.05, 3.63) is 12.2 Å². The topological polar surface area (TPSA) is 26.3 Å². The van der Waals surface area contributed by atoms with Crippen LogP contribution < -0.4 is 0 Å². The van der Waals surface area contributed by atoms with E-state index in [1.54, 1.807) is 6.92 Å². The molecule has 0 unspecified atom stereocenters. The van der Waals surface area contributed by atoms with Gasteiger partial charge in [-0.2, -0.15) is 0 Å². The lowest BCUT2D eigenvalue weighted by Crippen LogP contribution is -2.52. The molecule has 0 aliphatic heterocycles. The van der Waals surface area contributed by atoms with E-state index in [1.807, 2.05) is 0 Å². The number of esters is 1. The van der Waals surface area contributed by atoms with E-state index in [0.717, 1.165) is 11.0 Å². The lowest BCUT2D eigenvalue weighted by atomic mass is 10.1. The molecule has 0 aromatic carbocycles. The zero-order valence-corrected chi connectivity index (χ0v) is 14.7. The summed E-state index contributed by atoms with van der Waals surface area (Å²) >= 11 is 0. The normalized spacial score (nSPS) is 11.4. The first-order valence-electron chi connectivity index (χ1n) is 8.69. The number of unbranched alkanes of at least 4 members (excludes halogenated alkanes) is 3. The number of nitrogens with zero attached hydrogens (tertiary/aromatic N) is 1. The van der Waals surface area contributed by atoms with Gasteiger partial charge in [0, 0.05) is 5.57 Å². The Morgan fingerprint density at radius 1 is 0.905 bits per heavy atom. The summed E-state index contributed by atoms with van der Waals surface area (Å²) in [6.07, 6.45) is 7.56. The maximum absolute atomic E-state index is 11.5. The van der Waals surface area contributed by atoms with Crippen LogP contribution in [0.2, 0.25) is 0 Å². The van der Waals surface area contributed by atoms with Gasteiger partial charge in [-0.15, -0.1) is 0 Å². The molecule has 0 amide bonds. The number of carbonyl (C=O) groups excluding carboxylic acids is 1. The van der Waals surface area contributed by atoms with Gasteiger partial charge in [0.05, 0.1) is 19.6 Å². The summed E-state index contributed by atoms with van der Waals surface area (Å²) in [5, 5.41) is 0. The Kier molecular flexibility index (Phi) is 11.3. The van der Waals surface area contributed by atoms with Crippen LogP contribution in [-0.4, -0.2) is 43.2 Å². The number of quaternary nitrogens is 1. The van der Waals surface area contributed by atoms with Crippen LogP contribution >= 0.6 is 0 Å². The van der Waals surface area contributed by atoms with Crippen molar-refractivity contribution in [2.24, 2.45) is 0 Å². The van der Waals surface area contributed by atoms with Crippen LogP contribution in [0.15, 0.2) is 12.2 Å². The Hall–Kier alpha value is -0.830. The van der Waals surface area contributed by atoms with Gasteiger partial charge in [-0.3, -0.25) is 0 Å². The highest BCUT2D eigenvalue weighted by molar-refractivity contribution is 5.86. The van der Waals surface area contributed by atoms with Gasteiger partial charge in [-0.25, -0.2) is 4.79 Å². The van der Waals surface area contributed by atoms with Gasteiger partial charge in [0.2, 0.25) is 0 Å². The molecular weight excluding hydrogens is 262 g/mol. The summed E-state index contributed by atoms with van der Waals surface area (Å²) < 4.78 is 6.42. The standard InChI is InChI=1S/C18H36NO2/c1-6-9-10-11-14-19(12-7-2,13-8-3)15-16-21-18(20)17(4)5/h4,6-16H2,1-3,5H3/q+1. The van der Waals surface area contributed by atoms with Gasteiger partial charge in [0.1, 0.15) is 13.2 Å². The third kappa shape index (κ3) is 8.92. The summed E-state index contributed by atoms with van der Waals surface area (Å²) in [6.45, 7) is 17.1. The molecule has 0 N–H and O–H groups in total. The van der Waals surface area contributed by atoms with Gasteiger partial charge < -0.3 is 9.22 Å². The Bertz CT molecular complexity index is 294. The number of ether oxygens (including phenoxy) is 1. The first kappa shape index (κ1) is 20.2. The lowest BCUT2D eigenvalue weighted by molar-refractivity contribution is -0.928. The van der Waals surface area contributed by atoms with Crippen molar-refractivity contribution < 1.29 is 14.0 Å². The van der Waals surface area contributed by atoms with Gasteiger partial charge in [0.25, 0.3) is 0 Å². The summed E-state index contributed by atoms with van der Waals surface area (Å²) in [6, 6.07) is 0. The molecular formula is C18H36NO2+. The Balaban J connectivity index is 4.45. The van der Waals surface area contributed by atoms with Crippen LogP contribution in [0.1, 0.15) is 66.2 Å². The van der Waals surface area contributed by atoms with Crippen molar-refractivity contribution in [3.63, 3.8) is 0 Å². The van der Waals surface area contributed by atoms with Crippen LogP contribution in [0.3, 0.4) is 0 Å². The maximum atomic E-state index is 11.5. The van der Waals surface area contributed by atoms with Gasteiger partial charge in [-0.05, 0) is 32.6 Å². The Labute approximate surface area is 131 Å². The molecule has 124 valence electrons. The lowest BCUT2D eigenvalue weighted by Gasteiger charge is -2.38. The third-order valence-corrected chi connectivity index (χ3v) is 4.03. The summed E-state index contributed by atoms with van der Waals surface area (Å²) in [5.41, 5.74) is 0.488. The highest BCUT2D eigenvalue weighted by Gasteiger charge is 2.25. The maximum Gasteiger partial charge on any atom is 0.333 e. The number of rotatable bonds is 13. The van der Waals surface area contributed by atoms with Crippen molar-refractivity contribution >= 4 is 5.97 Å². The van der Waals surface area contributed by atoms with Crippen molar-refractivity contribution in [1.29, 1.82) is 0 Å². The minimum absolute atomic E-state index is 0.257. The van der Waals surface area contributed by atoms with E-state index in [2.05, 4.69) is 27.4 Å². The van der Waals surface area contributed by atoms with Gasteiger partial charge >= 0.3 is 5.97 Å². The number of hydrogen-bond donors (Lipinski definition) is 0. The molecule has 0 saturated carbocycles. The smallest absolute Gasteiger partial charge is 0.333 e. The average molecular weight is 298 g/mol. The van der Waals surface area contributed by atoms with E-state index in [9.17, 15) is 4.79 Å². The van der Waals surface area contributed by atoms with E-state index in [0.29, 0.717) is 12.2 Å². The van der Waals surface area contributed by atoms with E-state index < -0.39 is 0 Å². The first-order valence-corrected chi connectivity index (χ1v) is 8.69. The average Bonchev–Trinajstić information content (AvgIpc) is 2.44. The summed E-state index contributed by atoms with van der Waals surface area (Å²) in [7, 11) is 0. The van der Waals surface area contributed by atoms with Crippen molar-refractivity contribution in [1.82, 2.24) is 0 Å². The van der Waals surface area contributed by atoms with E-state index in [4.69, 9.17) is 4.74 Å². The number of hydrogen-bond acceptors (Lipinski definition) is 2. The zero-order valence-electron chi connectivity index (χ0n) is 14.7. The molecule has 0 atom stereocenters. The largest absolute Gasteiger partial charge is 0.456 e. The molecule has 0 aliphatic rings. The molecule has 0 spiro atoms. The van der Waals surface area contributed by atoms with Crippen molar-refractivity contribution in [3.8, 4) is 0 Å². The van der Waals surface area contributed by atoms with E-state index in [1.165, 1.54) is 58.2 Å². The minimum atomic E-state index is -0.257. The number of carbonyl (C=O) groups is 1. The van der Waals surface area contributed by atoms with Crippen LogP contribution in [0.5, 0.6) is 0 Å². The summed E-state index contributed by atoms with van der Waals surface area (Å²) in [4.78, 5) is 11.5. The monoisotopic (exact) mass is 298 g/mol. The molecule has 0 rings (SSSR count). The SMILES string of the molecule is C=C(C)C(=O)OCC[N+](CCC)(CCC)CCCCCC. The van der Waals surface area contributed by atoms with Gasteiger partial charge in [-0.1, -0.05) is 40.2 Å². The fraction of sp³-hybridized carbons (Fsp3) is 0.833.